The van der Waals surface area contributed by atoms with Crippen molar-refractivity contribution in [3.63, 3.8) is 0 Å². The molecule has 0 aliphatic rings. The second kappa shape index (κ2) is 5.15. The molecule has 0 saturated carbocycles. The Hall–Kier alpha value is -0.560. The van der Waals surface area contributed by atoms with E-state index < -0.39 is 0 Å². The zero-order valence-electron chi connectivity index (χ0n) is 8.05. The Bertz CT molecular complexity index is 164. The van der Waals surface area contributed by atoms with Gasteiger partial charge >= 0.3 is 0 Å². The Balaban J connectivity index is 4.14. The molecule has 3 heteroatoms. The highest BCUT2D eigenvalue weighted by Crippen LogP contribution is 2.10. The molecule has 0 heterocycles. The number of hydrogen-bond acceptors (Lipinski definition) is 3. The van der Waals surface area contributed by atoms with Gasteiger partial charge < -0.3 is 10.5 Å². The number of nitrogens with two attached hydrogens (primary N) is 1. The van der Waals surface area contributed by atoms with Crippen molar-refractivity contribution in [2.24, 2.45) is 5.73 Å². The Morgan fingerprint density at radius 1 is 1.75 bits per heavy atom. The third kappa shape index (κ3) is 2.82. The van der Waals surface area contributed by atoms with Crippen LogP contribution >= 0.6 is 0 Å². The van der Waals surface area contributed by atoms with E-state index in [4.69, 9.17) is 16.9 Å². The van der Waals surface area contributed by atoms with Crippen molar-refractivity contribution >= 4 is 0 Å². The second-order valence-electron chi connectivity index (χ2n) is 3.06. The van der Waals surface area contributed by atoms with Crippen LogP contribution in [0.5, 0.6) is 0 Å². The lowest BCUT2D eigenvalue weighted by Gasteiger charge is -2.34. The van der Waals surface area contributed by atoms with Crippen LogP contribution in [0.15, 0.2) is 0 Å². The monoisotopic (exact) mass is 170 g/mol. The zero-order chi connectivity index (χ0) is 9.61. The predicted octanol–water partition coefficient (Wildman–Crippen LogP) is -0.0385. The van der Waals surface area contributed by atoms with Gasteiger partial charge in [0.2, 0.25) is 0 Å². The predicted molar refractivity (Wildman–Crippen MR) is 50.8 cm³/mol. The van der Waals surface area contributed by atoms with Crippen LogP contribution in [0.25, 0.3) is 0 Å². The van der Waals surface area contributed by atoms with Crippen molar-refractivity contribution in [3.8, 4) is 12.3 Å². The molecule has 0 aliphatic carbocycles. The summed E-state index contributed by atoms with van der Waals surface area (Å²) in [5.41, 5.74) is 5.38. The first-order chi connectivity index (χ1) is 5.60. The van der Waals surface area contributed by atoms with Gasteiger partial charge in [-0.05, 0) is 13.8 Å². The molecule has 0 bridgehead atoms. The summed E-state index contributed by atoms with van der Waals surface area (Å²) < 4.78 is 5.19. The molecule has 0 saturated heterocycles. The standard InChI is InChI=1S/C9H18N2O/c1-5-6-11-9(3,7-10)8(2)12-4/h1,8,11H,6-7,10H2,2-4H3. The molecule has 3 nitrogen and oxygen atoms in total. The average molecular weight is 170 g/mol. The summed E-state index contributed by atoms with van der Waals surface area (Å²) in [6.45, 7) is 4.99. The molecular weight excluding hydrogens is 152 g/mol. The molecule has 0 amide bonds. The Morgan fingerprint density at radius 2 is 2.33 bits per heavy atom. The smallest absolute Gasteiger partial charge is 0.0734 e. The summed E-state index contributed by atoms with van der Waals surface area (Å²) in [6.07, 6.45) is 5.19. The molecule has 70 valence electrons. The highest BCUT2D eigenvalue weighted by molar-refractivity contribution is 4.96. The van der Waals surface area contributed by atoms with Crippen molar-refractivity contribution in [3.05, 3.63) is 0 Å². The van der Waals surface area contributed by atoms with Gasteiger partial charge in [0, 0.05) is 13.7 Å². The second-order valence-corrected chi connectivity index (χ2v) is 3.06. The molecule has 0 rings (SSSR count). The molecule has 3 N–H and O–H groups in total. The van der Waals surface area contributed by atoms with E-state index in [9.17, 15) is 0 Å². The maximum Gasteiger partial charge on any atom is 0.0734 e. The van der Waals surface area contributed by atoms with E-state index in [-0.39, 0.29) is 11.6 Å². The lowest BCUT2D eigenvalue weighted by atomic mass is 9.96. The molecule has 0 radical (unpaired) electrons. The van der Waals surface area contributed by atoms with Crippen molar-refractivity contribution in [1.82, 2.24) is 5.32 Å². The van der Waals surface area contributed by atoms with Crippen molar-refractivity contribution < 1.29 is 4.74 Å². The molecule has 0 fully saturated rings. The first-order valence-corrected chi connectivity index (χ1v) is 4.02. The van der Waals surface area contributed by atoms with Gasteiger partial charge in [-0.2, -0.15) is 0 Å². The van der Waals surface area contributed by atoms with Gasteiger partial charge in [0.25, 0.3) is 0 Å². The fraction of sp³-hybridized carbons (Fsp3) is 0.778. The number of hydrogen-bond donors (Lipinski definition) is 2. The molecule has 0 aromatic heterocycles. The maximum absolute atomic E-state index is 5.61. The van der Waals surface area contributed by atoms with Gasteiger partial charge in [-0.15, -0.1) is 6.42 Å². The van der Waals surface area contributed by atoms with Gasteiger partial charge in [0.1, 0.15) is 0 Å². The topological polar surface area (TPSA) is 47.3 Å². The normalized spacial score (nSPS) is 17.9. The van der Waals surface area contributed by atoms with Crippen LogP contribution in [-0.2, 0) is 4.74 Å². The number of terminal acetylenes is 1. The van der Waals surface area contributed by atoms with E-state index in [1.165, 1.54) is 0 Å². The molecule has 0 aromatic carbocycles. The summed E-state index contributed by atoms with van der Waals surface area (Å²) >= 11 is 0. The van der Waals surface area contributed by atoms with Crippen molar-refractivity contribution in [1.29, 1.82) is 0 Å². The van der Waals surface area contributed by atoms with E-state index in [1.807, 2.05) is 13.8 Å². The number of nitrogens with one attached hydrogen (secondary N) is 1. The third-order valence-corrected chi connectivity index (χ3v) is 2.27. The Morgan fingerprint density at radius 3 is 2.67 bits per heavy atom. The average Bonchev–Trinajstić information content (AvgIpc) is 2.12. The number of rotatable bonds is 5. The highest BCUT2D eigenvalue weighted by Gasteiger charge is 2.28. The lowest BCUT2D eigenvalue weighted by Crippen LogP contribution is -2.56. The minimum Gasteiger partial charge on any atom is -0.380 e. The van der Waals surface area contributed by atoms with Gasteiger partial charge in [-0.25, -0.2) is 0 Å². The Labute approximate surface area is 74.7 Å². The van der Waals surface area contributed by atoms with Gasteiger partial charge in [0.05, 0.1) is 18.2 Å². The van der Waals surface area contributed by atoms with E-state index >= 15 is 0 Å². The minimum atomic E-state index is -0.235. The van der Waals surface area contributed by atoms with Crippen LogP contribution in [0.2, 0.25) is 0 Å². The first kappa shape index (κ1) is 11.4. The van der Waals surface area contributed by atoms with Crippen LogP contribution in [0.3, 0.4) is 0 Å². The summed E-state index contributed by atoms with van der Waals surface area (Å²) in [5.74, 6) is 2.51. The lowest BCUT2D eigenvalue weighted by molar-refractivity contribution is 0.0440. The molecule has 0 spiro atoms. The minimum absolute atomic E-state index is 0.0517. The SMILES string of the molecule is C#CCNC(C)(CN)C(C)OC. The van der Waals surface area contributed by atoms with Gasteiger partial charge in [0.15, 0.2) is 0 Å². The van der Waals surface area contributed by atoms with Crippen LogP contribution in [0, 0.1) is 12.3 Å². The summed E-state index contributed by atoms with van der Waals surface area (Å²) in [6, 6.07) is 0. The van der Waals surface area contributed by atoms with Crippen LogP contribution < -0.4 is 11.1 Å². The molecule has 2 unspecified atom stereocenters. The van der Waals surface area contributed by atoms with E-state index in [0.29, 0.717) is 13.1 Å². The summed E-state index contributed by atoms with van der Waals surface area (Å²) in [7, 11) is 1.66. The summed E-state index contributed by atoms with van der Waals surface area (Å²) in [5, 5.41) is 3.16. The largest absolute Gasteiger partial charge is 0.380 e. The van der Waals surface area contributed by atoms with E-state index in [2.05, 4.69) is 11.2 Å². The molecular formula is C9H18N2O. The fourth-order valence-corrected chi connectivity index (χ4v) is 0.895. The third-order valence-electron chi connectivity index (χ3n) is 2.27. The van der Waals surface area contributed by atoms with Crippen LogP contribution in [-0.4, -0.2) is 31.8 Å². The van der Waals surface area contributed by atoms with E-state index in [0.717, 1.165) is 0 Å². The highest BCUT2D eigenvalue weighted by atomic mass is 16.5. The molecule has 2 atom stereocenters. The fourth-order valence-electron chi connectivity index (χ4n) is 0.895. The molecule has 0 aliphatic heterocycles. The number of methoxy groups -OCH3 is 1. The zero-order valence-corrected chi connectivity index (χ0v) is 8.05. The molecule has 12 heavy (non-hydrogen) atoms. The van der Waals surface area contributed by atoms with Crippen LogP contribution in [0.1, 0.15) is 13.8 Å². The van der Waals surface area contributed by atoms with Crippen molar-refractivity contribution in [2.45, 2.75) is 25.5 Å². The quantitative estimate of drug-likeness (QED) is 0.569. The maximum atomic E-state index is 5.61. The van der Waals surface area contributed by atoms with E-state index in [1.54, 1.807) is 7.11 Å². The Kier molecular flexibility index (Phi) is 4.91. The van der Waals surface area contributed by atoms with Gasteiger partial charge in [-0.3, -0.25) is 5.32 Å². The first-order valence-electron chi connectivity index (χ1n) is 4.02. The van der Waals surface area contributed by atoms with Crippen molar-refractivity contribution in [2.75, 3.05) is 20.2 Å². The van der Waals surface area contributed by atoms with Crippen LogP contribution in [0.4, 0.5) is 0 Å². The summed E-state index contributed by atoms with van der Waals surface area (Å²) in [4.78, 5) is 0. The van der Waals surface area contributed by atoms with Gasteiger partial charge in [-0.1, -0.05) is 5.92 Å². The molecule has 0 aromatic rings. The number of ether oxygens (including phenoxy) is 1.